The number of benzene rings is 1. The Morgan fingerprint density at radius 1 is 0.742 bits per heavy atom. The van der Waals surface area contributed by atoms with Crippen LogP contribution in [-0.4, -0.2) is 72.2 Å². The molecule has 0 amide bonds. The molecule has 0 aliphatic carbocycles. The summed E-state index contributed by atoms with van der Waals surface area (Å²) in [6.45, 7) is 1.63. The highest BCUT2D eigenvalue weighted by molar-refractivity contribution is 8.04. The maximum Gasteiger partial charge on any atom is 0.224 e. The summed E-state index contributed by atoms with van der Waals surface area (Å²) >= 11 is 5.78. The van der Waals surface area contributed by atoms with Crippen LogP contribution >= 0.6 is 11.6 Å². The number of alkyl halides is 1. The van der Waals surface area contributed by atoms with Gasteiger partial charge in [-0.15, -0.1) is 11.6 Å². The van der Waals surface area contributed by atoms with Crippen molar-refractivity contribution in [2.24, 2.45) is 0 Å². The van der Waals surface area contributed by atoms with Crippen LogP contribution in [0.1, 0.15) is 36.9 Å². The molecule has 0 saturated heterocycles. The zero-order valence-electron chi connectivity index (χ0n) is 17.8. The molecule has 0 N–H and O–H groups in total. The van der Waals surface area contributed by atoms with E-state index in [1.807, 2.05) is 0 Å². The van der Waals surface area contributed by atoms with Gasteiger partial charge in [0.15, 0.2) is 0 Å². The summed E-state index contributed by atoms with van der Waals surface area (Å²) in [5, 5.41) is 0. The van der Waals surface area contributed by atoms with Gasteiger partial charge in [0.05, 0.1) is 37.1 Å². The Hall–Kier alpha value is -0.770. The van der Waals surface area contributed by atoms with Gasteiger partial charge in [-0.2, -0.15) is 0 Å². The SMILES string of the molecule is CCC[C@H]([C@H](c1ccc(CCl)cc1)N(S(C)(=O)=O)S(C)(=O)=O)N(S(C)(=O)=O)S(C)(=O)=O. The fraction of sp³-hybridized carbons (Fsp3) is 0.625. The van der Waals surface area contributed by atoms with Gasteiger partial charge in [-0.25, -0.2) is 33.7 Å². The van der Waals surface area contributed by atoms with Crippen LogP contribution in [0.3, 0.4) is 0 Å². The molecule has 0 fully saturated rings. The van der Waals surface area contributed by atoms with Crippen molar-refractivity contribution in [2.45, 2.75) is 37.7 Å². The second-order valence-corrected chi connectivity index (χ2v) is 15.3. The fourth-order valence-corrected chi connectivity index (χ4v) is 10.2. The van der Waals surface area contributed by atoms with E-state index in [2.05, 4.69) is 0 Å². The molecule has 180 valence electrons. The summed E-state index contributed by atoms with van der Waals surface area (Å²) in [4.78, 5) is 0. The zero-order chi connectivity index (χ0) is 24.4. The smallest absolute Gasteiger partial charge is 0.212 e. The van der Waals surface area contributed by atoms with Crippen LogP contribution in [0.25, 0.3) is 0 Å². The molecular weight excluding hydrogens is 512 g/mol. The average molecular weight is 539 g/mol. The molecule has 0 radical (unpaired) electrons. The van der Waals surface area contributed by atoms with E-state index in [1.165, 1.54) is 24.3 Å². The predicted octanol–water partition coefficient (Wildman–Crippen LogP) is 1.08. The normalized spacial score (nSPS) is 15.9. The Morgan fingerprint density at radius 3 is 1.42 bits per heavy atom. The number of rotatable bonds is 11. The minimum absolute atomic E-state index is 0.0977. The van der Waals surface area contributed by atoms with Gasteiger partial charge in [0.1, 0.15) is 0 Å². The largest absolute Gasteiger partial charge is 0.224 e. The number of nitrogens with zero attached hydrogens (tertiary/aromatic N) is 2. The topological polar surface area (TPSA) is 143 Å². The van der Waals surface area contributed by atoms with Crippen molar-refractivity contribution in [3.05, 3.63) is 35.4 Å². The fourth-order valence-electron chi connectivity index (χ4n) is 3.36. The van der Waals surface area contributed by atoms with Crippen LogP contribution in [0.5, 0.6) is 0 Å². The van der Waals surface area contributed by atoms with Crippen LogP contribution in [0.2, 0.25) is 0 Å². The molecule has 0 heterocycles. The molecular formula is C16H27ClN2O8S4. The van der Waals surface area contributed by atoms with Crippen LogP contribution < -0.4 is 0 Å². The molecule has 0 spiro atoms. The maximum absolute atomic E-state index is 12.6. The Kier molecular flexibility index (Phi) is 9.13. The Bertz CT molecular complexity index is 1130. The maximum atomic E-state index is 12.6. The van der Waals surface area contributed by atoms with E-state index in [-0.39, 0.29) is 31.7 Å². The van der Waals surface area contributed by atoms with Crippen LogP contribution in [0, 0.1) is 0 Å². The lowest BCUT2D eigenvalue weighted by molar-refractivity contribution is 0.284. The highest BCUT2D eigenvalue weighted by atomic mass is 35.5. The van der Waals surface area contributed by atoms with E-state index in [1.54, 1.807) is 6.92 Å². The number of halogens is 1. The highest BCUT2D eigenvalue weighted by Crippen LogP contribution is 2.36. The van der Waals surface area contributed by atoms with E-state index in [4.69, 9.17) is 11.6 Å². The van der Waals surface area contributed by atoms with Crippen molar-refractivity contribution < 1.29 is 33.7 Å². The van der Waals surface area contributed by atoms with Crippen molar-refractivity contribution in [3.63, 3.8) is 0 Å². The van der Waals surface area contributed by atoms with Crippen molar-refractivity contribution in [2.75, 3.05) is 25.0 Å². The molecule has 0 aliphatic heterocycles. The van der Waals surface area contributed by atoms with Crippen molar-refractivity contribution in [3.8, 4) is 0 Å². The Labute approximate surface area is 190 Å². The molecule has 1 aromatic rings. The lowest BCUT2D eigenvalue weighted by Crippen LogP contribution is -2.53. The van der Waals surface area contributed by atoms with Gasteiger partial charge in [0.2, 0.25) is 40.1 Å². The molecule has 0 bridgehead atoms. The van der Waals surface area contributed by atoms with Crippen LogP contribution in [0.15, 0.2) is 24.3 Å². The van der Waals surface area contributed by atoms with Crippen LogP contribution in [0.4, 0.5) is 0 Å². The predicted molar refractivity (Wildman–Crippen MR) is 120 cm³/mol. The first-order valence-electron chi connectivity index (χ1n) is 8.89. The Balaban J connectivity index is 4.07. The minimum atomic E-state index is -4.47. The first-order chi connectivity index (χ1) is 13.9. The van der Waals surface area contributed by atoms with E-state index in [0.29, 0.717) is 30.6 Å². The van der Waals surface area contributed by atoms with E-state index in [0.717, 1.165) is 0 Å². The molecule has 31 heavy (non-hydrogen) atoms. The molecule has 15 heteroatoms. The summed E-state index contributed by atoms with van der Waals surface area (Å²) in [5.74, 6) is 0.129. The summed E-state index contributed by atoms with van der Waals surface area (Å²) in [6.07, 6.45) is 2.74. The van der Waals surface area contributed by atoms with E-state index in [9.17, 15) is 33.7 Å². The summed E-state index contributed by atoms with van der Waals surface area (Å²) in [6, 6.07) is 2.62. The minimum Gasteiger partial charge on any atom is -0.212 e. The molecule has 1 aromatic carbocycles. The zero-order valence-corrected chi connectivity index (χ0v) is 21.8. The first-order valence-corrected chi connectivity index (χ1v) is 16.8. The van der Waals surface area contributed by atoms with Crippen LogP contribution in [-0.2, 0) is 46.0 Å². The summed E-state index contributed by atoms with van der Waals surface area (Å²) < 4.78 is 100. The second kappa shape index (κ2) is 10.0. The summed E-state index contributed by atoms with van der Waals surface area (Å²) in [7, 11) is -17.8. The van der Waals surface area contributed by atoms with Gasteiger partial charge < -0.3 is 0 Å². The third-order valence-electron chi connectivity index (χ3n) is 4.23. The van der Waals surface area contributed by atoms with Gasteiger partial charge in [0, 0.05) is 5.88 Å². The number of sulfonamides is 4. The molecule has 0 saturated carbocycles. The van der Waals surface area contributed by atoms with Crippen molar-refractivity contribution in [1.82, 2.24) is 7.42 Å². The molecule has 1 rings (SSSR count). The van der Waals surface area contributed by atoms with Crippen molar-refractivity contribution in [1.29, 1.82) is 0 Å². The first kappa shape index (κ1) is 28.3. The summed E-state index contributed by atoms with van der Waals surface area (Å²) in [5.41, 5.74) is 0.741. The molecule has 10 nitrogen and oxygen atoms in total. The Morgan fingerprint density at radius 2 is 1.13 bits per heavy atom. The van der Waals surface area contributed by atoms with Gasteiger partial charge in [0.25, 0.3) is 0 Å². The molecule has 0 aliphatic rings. The molecule has 0 aromatic heterocycles. The quantitative estimate of drug-likeness (QED) is 0.381. The van der Waals surface area contributed by atoms with Gasteiger partial charge in [-0.1, -0.05) is 45.0 Å². The lowest BCUT2D eigenvalue weighted by Gasteiger charge is -2.38. The number of hydrogen-bond acceptors (Lipinski definition) is 8. The molecule has 0 unspecified atom stereocenters. The van der Waals surface area contributed by atoms with E-state index >= 15 is 0 Å². The van der Waals surface area contributed by atoms with Gasteiger partial charge in [-0.3, -0.25) is 0 Å². The monoisotopic (exact) mass is 538 g/mol. The third kappa shape index (κ3) is 7.37. The standard InChI is InChI=1S/C16H27ClN2O8S4/c1-6-7-15(18(28(2,20)21)29(3,22)23)16(14-10-8-13(12-17)9-11-14)19(30(4,24)25)31(5,26)27/h8-11,15-16H,6-7,12H2,1-5H3/t15-,16+/m1/s1. The highest BCUT2D eigenvalue weighted by Gasteiger charge is 2.47. The average Bonchev–Trinajstić information content (AvgIpc) is 2.54. The van der Waals surface area contributed by atoms with Gasteiger partial charge >= 0.3 is 0 Å². The van der Waals surface area contributed by atoms with Gasteiger partial charge in [-0.05, 0) is 17.5 Å². The third-order valence-corrected chi connectivity index (χ3v) is 11.4. The molecule has 2 atom stereocenters. The number of hydrogen-bond donors (Lipinski definition) is 0. The van der Waals surface area contributed by atoms with E-state index < -0.39 is 52.2 Å². The lowest BCUT2D eigenvalue weighted by atomic mass is 9.97. The second-order valence-electron chi connectivity index (χ2n) is 7.18. The van der Waals surface area contributed by atoms with Crippen molar-refractivity contribution >= 4 is 51.7 Å².